The molecule has 0 fully saturated rings. The summed E-state index contributed by atoms with van der Waals surface area (Å²) >= 11 is 3.16. The number of hydrogen-bond donors (Lipinski definition) is 1. The van der Waals surface area contributed by atoms with Crippen LogP contribution >= 0.6 is 15.9 Å². The quantitative estimate of drug-likeness (QED) is 0.876. The van der Waals surface area contributed by atoms with Gasteiger partial charge in [-0.1, -0.05) is 0 Å². The molecule has 1 N–H and O–H groups in total. The summed E-state index contributed by atoms with van der Waals surface area (Å²) < 4.78 is 26.3. The molecule has 0 aromatic heterocycles. The van der Waals surface area contributed by atoms with Gasteiger partial charge in [0.1, 0.15) is 11.6 Å². The number of carbonyl (C=O) groups excluding carboxylic acids is 1. The maximum absolute atomic E-state index is 13.0. The number of halogens is 3. The molecule has 2 nitrogen and oxygen atoms in total. The SMILES string of the molecule is Cc1cc(F)ccc1C(=O)Nc1ccc(F)cc1Br. The molecule has 2 rings (SSSR count). The Morgan fingerprint density at radius 2 is 1.74 bits per heavy atom. The van der Waals surface area contributed by atoms with Crippen molar-refractivity contribution in [1.82, 2.24) is 0 Å². The molecule has 0 aliphatic heterocycles. The van der Waals surface area contributed by atoms with Crippen molar-refractivity contribution in [2.24, 2.45) is 0 Å². The molecular formula is C14H10BrF2NO. The first-order valence-electron chi connectivity index (χ1n) is 5.50. The van der Waals surface area contributed by atoms with Crippen LogP contribution in [0.4, 0.5) is 14.5 Å². The monoisotopic (exact) mass is 325 g/mol. The van der Waals surface area contributed by atoms with Gasteiger partial charge in [0, 0.05) is 10.0 Å². The fraction of sp³-hybridized carbons (Fsp3) is 0.0714. The Bertz CT molecular complexity index is 643. The normalized spacial score (nSPS) is 10.3. The molecule has 0 spiro atoms. The third-order valence-corrected chi connectivity index (χ3v) is 3.27. The molecule has 0 aliphatic rings. The number of benzene rings is 2. The minimum absolute atomic E-state index is 0.371. The van der Waals surface area contributed by atoms with Crippen molar-refractivity contribution in [3.63, 3.8) is 0 Å². The van der Waals surface area contributed by atoms with Gasteiger partial charge in [-0.3, -0.25) is 4.79 Å². The highest BCUT2D eigenvalue weighted by Gasteiger charge is 2.11. The number of carbonyl (C=O) groups is 1. The third-order valence-electron chi connectivity index (χ3n) is 2.61. The molecule has 0 unspecified atom stereocenters. The lowest BCUT2D eigenvalue weighted by molar-refractivity contribution is 0.102. The first-order valence-corrected chi connectivity index (χ1v) is 6.29. The molecule has 2 aromatic carbocycles. The van der Waals surface area contributed by atoms with Gasteiger partial charge in [-0.15, -0.1) is 0 Å². The van der Waals surface area contributed by atoms with Gasteiger partial charge in [0.25, 0.3) is 5.91 Å². The molecular weight excluding hydrogens is 316 g/mol. The van der Waals surface area contributed by atoms with Gasteiger partial charge in [-0.2, -0.15) is 0 Å². The fourth-order valence-electron chi connectivity index (χ4n) is 1.66. The number of aryl methyl sites for hydroxylation is 1. The summed E-state index contributed by atoms with van der Waals surface area (Å²) in [5.41, 5.74) is 1.36. The molecule has 2 aromatic rings. The van der Waals surface area contributed by atoms with Crippen LogP contribution in [-0.4, -0.2) is 5.91 Å². The van der Waals surface area contributed by atoms with Gasteiger partial charge < -0.3 is 5.32 Å². The second-order valence-electron chi connectivity index (χ2n) is 4.04. The van der Waals surface area contributed by atoms with E-state index in [9.17, 15) is 13.6 Å². The van der Waals surface area contributed by atoms with Crippen molar-refractivity contribution < 1.29 is 13.6 Å². The molecule has 0 radical (unpaired) electrons. The van der Waals surface area contributed by atoms with E-state index in [0.29, 0.717) is 21.3 Å². The highest BCUT2D eigenvalue weighted by molar-refractivity contribution is 9.10. The number of nitrogens with one attached hydrogen (secondary N) is 1. The Morgan fingerprint density at radius 1 is 1.11 bits per heavy atom. The van der Waals surface area contributed by atoms with Crippen molar-refractivity contribution >= 4 is 27.5 Å². The Labute approximate surface area is 117 Å². The Balaban J connectivity index is 2.25. The maximum Gasteiger partial charge on any atom is 0.255 e. The topological polar surface area (TPSA) is 29.1 Å². The standard InChI is InChI=1S/C14H10BrF2NO/c1-8-6-9(16)2-4-11(8)14(19)18-13-5-3-10(17)7-12(13)15/h2-7H,1H3,(H,18,19). The van der Waals surface area contributed by atoms with Crippen molar-refractivity contribution in [3.05, 3.63) is 63.6 Å². The van der Waals surface area contributed by atoms with Crippen LogP contribution in [0.15, 0.2) is 40.9 Å². The van der Waals surface area contributed by atoms with Gasteiger partial charge in [-0.25, -0.2) is 8.78 Å². The number of amides is 1. The van der Waals surface area contributed by atoms with Crippen molar-refractivity contribution in [3.8, 4) is 0 Å². The van der Waals surface area contributed by atoms with Gasteiger partial charge in [0.15, 0.2) is 0 Å². The average molecular weight is 326 g/mol. The molecule has 0 bridgehead atoms. The number of anilines is 1. The van der Waals surface area contributed by atoms with Gasteiger partial charge >= 0.3 is 0 Å². The number of rotatable bonds is 2. The summed E-state index contributed by atoms with van der Waals surface area (Å²) in [6.45, 7) is 1.65. The average Bonchev–Trinajstić information content (AvgIpc) is 2.32. The molecule has 0 saturated heterocycles. The van der Waals surface area contributed by atoms with E-state index in [1.54, 1.807) is 6.92 Å². The van der Waals surface area contributed by atoms with E-state index in [0.717, 1.165) is 0 Å². The highest BCUT2D eigenvalue weighted by Crippen LogP contribution is 2.24. The summed E-state index contributed by atoms with van der Waals surface area (Å²) in [4.78, 5) is 12.0. The van der Waals surface area contributed by atoms with E-state index in [-0.39, 0.29) is 5.91 Å². The van der Waals surface area contributed by atoms with E-state index in [2.05, 4.69) is 21.2 Å². The van der Waals surface area contributed by atoms with Crippen LogP contribution in [-0.2, 0) is 0 Å². The van der Waals surface area contributed by atoms with Crippen LogP contribution in [0, 0.1) is 18.6 Å². The highest BCUT2D eigenvalue weighted by atomic mass is 79.9. The fourth-order valence-corrected chi connectivity index (χ4v) is 2.11. The molecule has 1 amide bonds. The van der Waals surface area contributed by atoms with Gasteiger partial charge in [0.2, 0.25) is 0 Å². The second-order valence-corrected chi connectivity index (χ2v) is 4.89. The number of hydrogen-bond acceptors (Lipinski definition) is 1. The van der Waals surface area contributed by atoms with Crippen LogP contribution in [0.5, 0.6) is 0 Å². The molecule has 0 aliphatic carbocycles. The van der Waals surface area contributed by atoms with Crippen LogP contribution in [0.2, 0.25) is 0 Å². The van der Waals surface area contributed by atoms with Gasteiger partial charge in [-0.05, 0) is 64.8 Å². The van der Waals surface area contributed by atoms with Crippen molar-refractivity contribution in [1.29, 1.82) is 0 Å². The van der Waals surface area contributed by atoms with Crippen LogP contribution in [0.3, 0.4) is 0 Å². The van der Waals surface area contributed by atoms with Crippen molar-refractivity contribution in [2.75, 3.05) is 5.32 Å². The van der Waals surface area contributed by atoms with E-state index < -0.39 is 11.6 Å². The lowest BCUT2D eigenvalue weighted by Gasteiger charge is -2.09. The van der Waals surface area contributed by atoms with Crippen molar-refractivity contribution in [2.45, 2.75) is 6.92 Å². The first-order chi connectivity index (χ1) is 8.97. The zero-order valence-corrected chi connectivity index (χ0v) is 11.6. The lowest BCUT2D eigenvalue weighted by Crippen LogP contribution is -2.13. The second kappa shape index (κ2) is 5.48. The molecule has 5 heteroatoms. The largest absolute Gasteiger partial charge is 0.321 e. The van der Waals surface area contributed by atoms with Crippen LogP contribution in [0.25, 0.3) is 0 Å². The summed E-state index contributed by atoms with van der Waals surface area (Å²) in [5, 5.41) is 2.64. The minimum Gasteiger partial charge on any atom is -0.321 e. The summed E-state index contributed by atoms with van der Waals surface area (Å²) in [6, 6.07) is 7.88. The summed E-state index contributed by atoms with van der Waals surface area (Å²) in [7, 11) is 0. The zero-order valence-electron chi connectivity index (χ0n) is 10.0. The molecule has 19 heavy (non-hydrogen) atoms. The molecule has 0 atom stereocenters. The molecule has 0 saturated carbocycles. The first kappa shape index (κ1) is 13.7. The minimum atomic E-state index is -0.400. The summed E-state index contributed by atoms with van der Waals surface area (Å²) in [6.07, 6.45) is 0. The van der Waals surface area contributed by atoms with Crippen LogP contribution in [0.1, 0.15) is 15.9 Å². The third kappa shape index (κ3) is 3.17. The Kier molecular flexibility index (Phi) is 3.95. The van der Waals surface area contributed by atoms with E-state index in [4.69, 9.17) is 0 Å². The summed E-state index contributed by atoms with van der Waals surface area (Å²) in [5.74, 6) is -1.16. The zero-order chi connectivity index (χ0) is 14.0. The Hall–Kier alpha value is -1.75. The molecule has 98 valence electrons. The molecule has 0 heterocycles. The maximum atomic E-state index is 13.0. The Morgan fingerprint density at radius 3 is 2.37 bits per heavy atom. The van der Waals surface area contributed by atoms with E-state index >= 15 is 0 Å². The smallest absolute Gasteiger partial charge is 0.255 e. The van der Waals surface area contributed by atoms with Crippen LogP contribution < -0.4 is 5.32 Å². The van der Waals surface area contributed by atoms with Gasteiger partial charge in [0.05, 0.1) is 5.69 Å². The van der Waals surface area contributed by atoms with E-state index in [1.165, 1.54) is 36.4 Å². The lowest BCUT2D eigenvalue weighted by atomic mass is 10.1. The predicted octanol–water partition coefficient (Wildman–Crippen LogP) is 4.29. The van der Waals surface area contributed by atoms with E-state index in [1.807, 2.05) is 0 Å². The predicted molar refractivity (Wildman–Crippen MR) is 73.2 cm³/mol.